The number of nitro groups is 1. The van der Waals surface area contributed by atoms with Crippen molar-refractivity contribution in [3.8, 4) is 0 Å². The van der Waals surface area contributed by atoms with Crippen molar-refractivity contribution in [1.82, 2.24) is 9.80 Å². The lowest BCUT2D eigenvalue weighted by Gasteiger charge is -2.59. The molecule has 0 amide bonds. The lowest BCUT2D eigenvalue weighted by atomic mass is 9.64. The highest BCUT2D eigenvalue weighted by Crippen LogP contribution is 2.46. The largest absolute Gasteiger partial charge is 0.297 e. The molecule has 19 heavy (non-hydrogen) atoms. The van der Waals surface area contributed by atoms with E-state index < -0.39 is 0 Å². The highest BCUT2D eigenvalue weighted by molar-refractivity contribution is 5.07. The number of piperidine rings is 2. The van der Waals surface area contributed by atoms with Gasteiger partial charge in [-0.25, -0.2) is 0 Å². The summed E-state index contributed by atoms with van der Waals surface area (Å²) in [5, 5.41) is 11.5. The monoisotopic (exact) mass is 265 g/mol. The van der Waals surface area contributed by atoms with Crippen molar-refractivity contribution in [2.75, 3.05) is 26.2 Å². The molecule has 0 spiro atoms. The van der Waals surface area contributed by atoms with Crippen molar-refractivity contribution < 1.29 is 4.92 Å². The molecule has 0 N–H and O–H groups in total. The van der Waals surface area contributed by atoms with Gasteiger partial charge in [0.1, 0.15) is 0 Å². The van der Waals surface area contributed by atoms with Crippen molar-refractivity contribution >= 4 is 0 Å². The molecule has 0 radical (unpaired) electrons. The third-order valence-electron chi connectivity index (χ3n) is 6.10. The van der Waals surface area contributed by atoms with E-state index in [1.54, 1.807) is 0 Å². The molecule has 0 aromatic rings. The summed E-state index contributed by atoms with van der Waals surface area (Å²) < 4.78 is 0. The Morgan fingerprint density at radius 2 is 1.63 bits per heavy atom. The maximum atomic E-state index is 11.5. The van der Waals surface area contributed by atoms with Crippen LogP contribution in [-0.2, 0) is 0 Å². The van der Waals surface area contributed by atoms with Gasteiger partial charge in [0, 0.05) is 42.4 Å². The summed E-state index contributed by atoms with van der Waals surface area (Å²) in [7, 11) is 0. The third kappa shape index (κ3) is 1.74. The summed E-state index contributed by atoms with van der Waals surface area (Å²) in [4.78, 5) is 16.7. The van der Waals surface area contributed by atoms with Gasteiger partial charge >= 0.3 is 0 Å². The molecule has 3 saturated heterocycles. The van der Waals surface area contributed by atoms with Crippen LogP contribution in [0.3, 0.4) is 0 Å². The molecule has 4 rings (SSSR count). The standard InChI is InChI=1S/C14H23N3O2/c18-17(19)12-9-10-3-1-5-15-7-8-16-6-2-4-11(12)14(16)13(10)15/h10-14H,1-9H2. The van der Waals surface area contributed by atoms with E-state index in [9.17, 15) is 10.1 Å². The predicted molar refractivity (Wildman–Crippen MR) is 71.6 cm³/mol. The first-order chi connectivity index (χ1) is 9.25. The quantitative estimate of drug-likeness (QED) is 0.528. The zero-order valence-electron chi connectivity index (χ0n) is 11.4. The Kier molecular flexibility index (Phi) is 2.81. The average Bonchev–Trinajstić information content (AvgIpc) is 2.44. The van der Waals surface area contributed by atoms with Gasteiger partial charge in [0.05, 0.1) is 0 Å². The molecule has 4 fully saturated rings. The van der Waals surface area contributed by atoms with Crippen molar-refractivity contribution in [3.05, 3.63) is 10.1 Å². The van der Waals surface area contributed by atoms with E-state index in [2.05, 4.69) is 9.80 Å². The Morgan fingerprint density at radius 1 is 0.947 bits per heavy atom. The van der Waals surface area contributed by atoms with E-state index in [-0.39, 0.29) is 11.0 Å². The summed E-state index contributed by atoms with van der Waals surface area (Å²) >= 11 is 0. The van der Waals surface area contributed by atoms with Gasteiger partial charge in [0.15, 0.2) is 0 Å². The molecule has 0 aromatic heterocycles. The van der Waals surface area contributed by atoms with Gasteiger partial charge in [0.2, 0.25) is 6.04 Å². The van der Waals surface area contributed by atoms with E-state index in [4.69, 9.17) is 0 Å². The molecule has 3 aliphatic heterocycles. The molecule has 1 saturated carbocycles. The van der Waals surface area contributed by atoms with Crippen molar-refractivity contribution in [2.24, 2.45) is 11.8 Å². The molecule has 0 aromatic carbocycles. The minimum Gasteiger partial charge on any atom is -0.297 e. The summed E-state index contributed by atoms with van der Waals surface area (Å²) in [5.74, 6) is 0.886. The van der Waals surface area contributed by atoms with Gasteiger partial charge in [-0.3, -0.25) is 19.9 Å². The summed E-state index contributed by atoms with van der Waals surface area (Å²) in [6, 6.07) is 0.841. The molecular weight excluding hydrogens is 242 g/mol. The third-order valence-corrected chi connectivity index (χ3v) is 6.10. The van der Waals surface area contributed by atoms with Gasteiger partial charge in [0.25, 0.3) is 0 Å². The zero-order chi connectivity index (χ0) is 13.0. The number of nitrogens with zero attached hydrogens (tertiary/aromatic N) is 3. The number of hydrogen-bond acceptors (Lipinski definition) is 4. The molecule has 0 bridgehead atoms. The van der Waals surface area contributed by atoms with Crippen LogP contribution >= 0.6 is 0 Å². The normalized spacial score (nSPS) is 46.6. The second-order valence-electron chi connectivity index (χ2n) is 6.85. The predicted octanol–water partition coefficient (Wildman–Crippen LogP) is 1.21. The van der Waals surface area contributed by atoms with Crippen LogP contribution in [0.4, 0.5) is 0 Å². The SMILES string of the molecule is O=[N+]([O-])C1CC2CCCN3CCN4CCCC1C4C23. The van der Waals surface area contributed by atoms with Gasteiger partial charge < -0.3 is 0 Å². The van der Waals surface area contributed by atoms with Gasteiger partial charge in [-0.15, -0.1) is 0 Å². The maximum Gasteiger partial charge on any atom is 0.217 e. The Labute approximate surface area is 114 Å². The van der Waals surface area contributed by atoms with Crippen LogP contribution in [0.2, 0.25) is 0 Å². The average molecular weight is 265 g/mol. The van der Waals surface area contributed by atoms with Crippen molar-refractivity contribution in [2.45, 2.75) is 50.2 Å². The lowest BCUT2D eigenvalue weighted by molar-refractivity contribution is -0.542. The van der Waals surface area contributed by atoms with E-state index in [1.165, 1.54) is 32.5 Å². The van der Waals surface area contributed by atoms with Crippen LogP contribution in [-0.4, -0.2) is 59.0 Å². The topological polar surface area (TPSA) is 49.6 Å². The highest BCUT2D eigenvalue weighted by atomic mass is 16.6. The van der Waals surface area contributed by atoms with Crippen LogP contribution in [0.1, 0.15) is 32.1 Å². The fourth-order valence-corrected chi connectivity index (χ4v) is 5.44. The second-order valence-corrected chi connectivity index (χ2v) is 6.85. The Morgan fingerprint density at radius 3 is 2.37 bits per heavy atom. The summed E-state index contributed by atoms with van der Waals surface area (Å²) in [6.45, 7) is 4.71. The van der Waals surface area contributed by atoms with Gasteiger partial charge in [-0.05, 0) is 44.7 Å². The molecule has 5 heteroatoms. The number of hydrogen-bond donors (Lipinski definition) is 0. The fourth-order valence-electron chi connectivity index (χ4n) is 5.44. The Hall–Kier alpha value is -0.680. The zero-order valence-corrected chi connectivity index (χ0v) is 11.4. The molecule has 3 heterocycles. The Bertz CT molecular complexity index is 389. The van der Waals surface area contributed by atoms with Gasteiger partial charge in [-0.2, -0.15) is 0 Å². The van der Waals surface area contributed by atoms with E-state index in [1.807, 2.05) is 0 Å². The van der Waals surface area contributed by atoms with Crippen molar-refractivity contribution in [1.29, 1.82) is 0 Å². The molecule has 5 nitrogen and oxygen atoms in total. The first-order valence-electron chi connectivity index (χ1n) is 7.87. The molecule has 1 aliphatic carbocycles. The molecule has 5 unspecified atom stereocenters. The van der Waals surface area contributed by atoms with Crippen LogP contribution in [0.5, 0.6) is 0 Å². The first-order valence-corrected chi connectivity index (χ1v) is 7.87. The lowest BCUT2D eigenvalue weighted by Crippen LogP contribution is -2.71. The van der Waals surface area contributed by atoms with Gasteiger partial charge in [-0.1, -0.05) is 0 Å². The van der Waals surface area contributed by atoms with Crippen LogP contribution in [0.15, 0.2) is 0 Å². The summed E-state index contributed by atoms with van der Waals surface area (Å²) in [5.41, 5.74) is 0. The van der Waals surface area contributed by atoms with Crippen LogP contribution in [0, 0.1) is 22.0 Å². The minimum absolute atomic E-state index is 0.0396. The number of piperazine rings is 1. The second kappa shape index (κ2) is 4.42. The molecule has 5 atom stereocenters. The van der Waals surface area contributed by atoms with E-state index in [0.29, 0.717) is 23.9 Å². The van der Waals surface area contributed by atoms with E-state index >= 15 is 0 Å². The van der Waals surface area contributed by atoms with Crippen molar-refractivity contribution in [3.63, 3.8) is 0 Å². The van der Waals surface area contributed by atoms with E-state index in [0.717, 1.165) is 25.8 Å². The van der Waals surface area contributed by atoms with Crippen LogP contribution < -0.4 is 0 Å². The minimum atomic E-state index is -0.271. The summed E-state index contributed by atoms with van der Waals surface area (Å²) in [6.07, 6.45) is 5.52. The molecular formula is C14H23N3O2. The fraction of sp³-hybridized carbons (Fsp3) is 1.00. The molecule has 4 aliphatic rings. The maximum absolute atomic E-state index is 11.5. The first kappa shape index (κ1) is 12.1. The number of rotatable bonds is 1. The Balaban J connectivity index is 1.70. The highest BCUT2D eigenvalue weighted by Gasteiger charge is 2.56. The van der Waals surface area contributed by atoms with Crippen LogP contribution in [0.25, 0.3) is 0 Å². The molecule has 106 valence electrons. The smallest absolute Gasteiger partial charge is 0.217 e.